The van der Waals surface area contributed by atoms with Crippen LogP contribution in [-0.2, 0) is 13.0 Å². The van der Waals surface area contributed by atoms with E-state index in [9.17, 15) is 0 Å². The number of nitrogens with one attached hydrogen (secondary N) is 2. The zero-order valence-electron chi connectivity index (χ0n) is 12.5. The molecule has 2 heterocycles. The van der Waals surface area contributed by atoms with E-state index in [1.54, 1.807) is 0 Å². The lowest BCUT2D eigenvalue weighted by Gasteiger charge is -2.01. The molecule has 0 unspecified atom stereocenters. The zero-order chi connectivity index (χ0) is 13.8. The highest BCUT2D eigenvalue weighted by atomic mass is 35.5. The summed E-state index contributed by atoms with van der Waals surface area (Å²) < 4.78 is 0. The topological polar surface area (TPSA) is 40.7 Å². The number of nitrogens with zero attached hydrogens (tertiary/aromatic N) is 1. The average molecular weight is 358 g/mol. The first kappa shape index (κ1) is 19.0. The Bertz CT molecular complexity index is 660. The minimum Gasteiger partial charge on any atom is -0.342 e. The number of benzene rings is 1. The van der Waals surface area contributed by atoms with Crippen LogP contribution in [0.15, 0.2) is 36.4 Å². The molecule has 0 radical (unpaired) electrons. The van der Waals surface area contributed by atoms with Gasteiger partial charge in [0.05, 0.1) is 11.0 Å². The first-order valence-electron chi connectivity index (χ1n) is 7.01. The number of aryl methyl sites for hydroxylation is 2. The largest absolute Gasteiger partial charge is 0.342 e. The van der Waals surface area contributed by atoms with Crippen molar-refractivity contribution in [2.75, 3.05) is 6.54 Å². The maximum Gasteiger partial charge on any atom is 0.107 e. The minimum absolute atomic E-state index is 0. The highest BCUT2D eigenvalue weighted by Crippen LogP contribution is 2.14. The second-order valence-corrected chi connectivity index (χ2v) is 6.37. The molecule has 0 amide bonds. The number of fused-ring (bicyclic) bond motifs is 1. The molecular formula is C16H21Cl2N3S. The molecule has 22 heavy (non-hydrogen) atoms. The molecule has 2 aromatic heterocycles. The van der Waals surface area contributed by atoms with Crippen molar-refractivity contribution in [2.24, 2.45) is 0 Å². The molecule has 6 heteroatoms. The highest BCUT2D eigenvalue weighted by molar-refractivity contribution is 7.11. The Balaban J connectivity index is 0.00000121. The number of rotatable bonds is 6. The van der Waals surface area contributed by atoms with E-state index in [2.05, 4.69) is 40.4 Å². The maximum absolute atomic E-state index is 4.59. The van der Waals surface area contributed by atoms with E-state index in [1.807, 2.05) is 29.5 Å². The van der Waals surface area contributed by atoms with Crippen LogP contribution in [0.4, 0.5) is 0 Å². The average Bonchev–Trinajstić information content (AvgIpc) is 3.04. The van der Waals surface area contributed by atoms with Crippen molar-refractivity contribution >= 4 is 47.2 Å². The van der Waals surface area contributed by atoms with Gasteiger partial charge in [0.2, 0.25) is 0 Å². The molecule has 2 N–H and O–H groups in total. The number of hydrogen-bond donors (Lipinski definition) is 2. The lowest BCUT2D eigenvalue weighted by molar-refractivity contribution is 0.646. The number of H-pyrrole nitrogens is 1. The highest BCUT2D eigenvalue weighted by Gasteiger charge is 2.01. The van der Waals surface area contributed by atoms with Gasteiger partial charge in [0.15, 0.2) is 0 Å². The number of thiophene rings is 1. The summed E-state index contributed by atoms with van der Waals surface area (Å²) in [7, 11) is 0. The molecule has 3 nitrogen and oxygen atoms in total. The van der Waals surface area contributed by atoms with E-state index in [1.165, 1.54) is 9.75 Å². The summed E-state index contributed by atoms with van der Waals surface area (Å²) in [6.45, 7) is 4.14. The molecule has 0 aliphatic carbocycles. The second-order valence-electron chi connectivity index (χ2n) is 4.99. The Morgan fingerprint density at radius 2 is 1.95 bits per heavy atom. The molecule has 120 valence electrons. The van der Waals surface area contributed by atoms with Gasteiger partial charge in [-0.25, -0.2) is 4.98 Å². The fourth-order valence-corrected chi connectivity index (χ4v) is 3.16. The van der Waals surface area contributed by atoms with Crippen LogP contribution in [0.2, 0.25) is 0 Å². The number of halogens is 2. The van der Waals surface area contributed by atoms with Gasteiger partial charge in [-0.15, -0.1) is 36.2 Å². The van der Waals surface area contributed by atoms with Gasteiger partial charge in [0.25, 0.3) is 0 Å². The summed E-state index contributed by atoms with van der Waals surface area (Å²) in [5, 5.41) is 3.49. The monoisotopic (exact) mass is 357 g/mol. The third kappa shape index (κ3) is 4.99. The fourth-order valence-electron chi connectivity index (χ4n) is 2.30. The summed E-state index contributed by atoms with van der Waals surface area (Å²) in [4.78, 5) is 10.7. The van der Waals surface area contributed by atoms with Crippen molar-refractivity contribution in [2.45, 2.75) is 26.3 Å². The fraction of sp³-hybridized carbons (Fsp3) is 0.312. The van der Waals surface area contributed by atoms with Crippen LogP contribution in [0.3, 0.4) is 0 Å². The molecule has 0 aliphatic rings. The number of hydrogen-bond acceptors (Lipinski definition) is 3. The molecule has 0 aliphatic heterocycles. The van der Waals surface area contributed by atoms with E-state index in [4.69, 9.17) is 0 Å². The lowest BCUT2D eigenvalue weighted by atomic mass is 10.3. The third-order valence-corrected chi connectivity index (χ3v) is 4.30. The predicted octanol–water partition coefficient (Wildman–Crippen LogP) is 4.50. The molecule has 0 saturated carbocycles. The predicted molar refractivity (Wildman–Crippen MR) is 99.7 cm³/mol. The van der Waals surface area contributed by atoms with Crippen LogP contribution in [0.1, 0.15) is 22.0 Å². The van der Waals surface area contributed by atoms with Crippen LogP contribution < -0.4 is 5.32 Å². The molecule has 0 spiro atoms. The van der Waals surface area contributed by atoms with Gasteiger partial charge in [0, 0.05) is 22.7 Å². The van der Waals surface area contributed by atoms with Crippen molar-refractivity contribution in [3.8, 4) is 0 Å². The molecule has 0 atom stereocenters. The summed E-state index contributed by atoms with van der Waals surface area (Å²) in [6.07, 6.45) is 2.09. The SMILES string of the molecule is Cc1ccc(CNCCCc2nc3ccccc3[nH]2)s1.Cl.Cl. The van der Waals surface area contributed by atoms with Gasteiger partial charge < -0.3 is 10.3 Å². The van der Waals surface area contributed by atoms with Gasteiger partial charge >= 0.3 is 0 Å². The smallest absolute Gasteiger partial charge is 0.107 e. The first-order chi connectivity index (χ1) is 9.81. The van der Waals surface area contributed by atoms with E-state index in [0.29, 0.717) is 0 Å². The molecule has 1 aromatic carbocycles. The normalized spacial score (nSPS) is 10.2. The summed E-state index contributed by atoms with van der Waals surface area (Å²) in [6, 6.07) is 12.6. The van der Waals surface area contributed by atoms with Crippen molar-refractivity contribution in [3.63, 3.8) is 0 Å². The number of para-hydroxylation sites is 2. The standard InChI is InChI=1S/C16H19N3S.2ClH/c1-12-8-9-13(20-12)11-17-10-4-7-16-18-14-5-2-3-6-15(14)19-16;;/h2-3,5-6,8-9,17H,4,7,10-11H2,1H3,(H,18,19);2*1H. The van der Waals surface area contributed by atoms with Crippen molar-refractivity contribution in [3.05, 3.63) is 52.0 Å². The third-order valence-electron chi connectivity index (χ3n) is 3.30. The Morgan fingerprint density at radius 3 is 2.68 bits per heavy atom. The molecule has 0 fully saturated rings. The van der Waals surface area contributed by atoms with Crippen LogP contribution >= 0.6 is 36.2 Å². The summed E-state index contributed by atoms with van der Waals surface area (Å²) in [5.41, 5.74) is 2.19. The molecular weight excluding hydrogens is 337 g/mol. The molecule has 3 rings (SSSR count). The Morgan fingerprint density at radius 1 is 1.14 bits per heavy atom. The number of aromatic amines is 1. The summed E-state index contributed by atoms with van der Waals surface area (Å²) in [5.74, 6) is 1.08. The van der Waals surface area contributed by atoms with Crippen molar-refractivity contribution in [1.29, 1.82) is 0 Å². The zero-order valence-corrected chi connectivity index (χ0v) is 14.9. The van der Waals surface area contributed by atoms with Gasteiger partial charge in [0.1, 0.15) is 5.82 Å². The van der Waals surface area contributed by atoms with Gasteiger partial charge in [-0.2, -0.15) is 0 Å². The molecule has 0 bridgehead atoms. The van der Waals surface area contributed by atoms with Crippen LogP contribution in [0.25, 0.3) is 11.0 Å². The second kappa shape index (κ2) is 9.16. The Labute approximate surface area is 147 Å². The van der Waals surface area contributed by atoms with Crippen LogP contribution in [-0.4, -0.2) is 16.5 Å². The molecule has 0 saturated heterocycles. The maximum atomic E-state index is 4.59. The van der Waals surface area contributed by atoms with Gasteiger partial charge in [-0.05, 0) is 44.2 Å². The van der Waals surface area contributed by atoms with Gasteiger partial charge in [-0.3, -0.25) is 0 Å². The van der Waals surface area contributed by atoms with E-state index < -0.39 is 0 Å². The minimum atomic E-state index is 0. The van der Waals surface area contributed by atoms with Crippen LogP contribution in [0.5, 0.6) is 0 Å². The number of aromatic nitrogens is 2. The Hall–Kier alpha value is -1.07. The van der Waals surface area contributed by atoms with Gasteiger partial charge in [-0.1, -0.05) is 12.1 Å². The lowest BCUT2D eigenvalue weighted by Crippen LogP contribution is -2.14. The Kier molecular flexibility index (Phi) is 7.90. The van der Waals surface area contributed by atoms with E-state index in [0.717, 1.165) is 42.8 Å². The van der Waals surface area contributed by atoms with Crippen molar-refractivity contribution in [1.82, 2.24) is 15.3 Å². The summed E-state index contributed by atoms with van der Waals surface area (Å²) >= 11 is 1.86. The van der Waals surface area contributed by atoms with E-state index >= 15 is 0 Å². The van der Waals surface area contributed by atoms with Crippen molar-refractivity contribution < 1.29 is 0 Å². The quantitative estimate of drug-likeness (QED) is 0.637. The van der Waals surface area contributed by atoms with Crippen LogP contribution in [0, 0.1) is 6.92 Å². The first-order valence-corrected chi connectivity index (χ1v) is 7.82. The van der Waals surface area contributed by atoms with E-state index in [-0.39, 0.29) is 24.8 Å². The molecule has 3 aromatic rings. The number of imidazole rings is 1.